The van der Waals surface area contributed by atoms with Gasteiger partial charge in [0.1, 0.15) is 11.5 Å². The first-order chi connectivity index (χ1) is 9.20. The van der Waals surface area contributed by atoms with E-state index in [9.17, 15) is 4.57 Å². The van der Waals surface area contributed by atoms with Gasteiger partial charge in [0, 0.05) is 13.5 Å². The zero-order chi connectivity index (χ0) is 13.3. The number of benzene rings is 2. The van der Waals surface area contributed by atoms with Gasteiger partial charge >= 0.3 is 7.82 Å². The summed E-state index contributed by atoms with van der Waals surface area (Å²) in [4.78, 5) is 0. The third-order valence-electron chi connectivity index (χ3n) is 2.97. The van der Waals surface area contributed by atoms with Gasteiger partial charge in [-0.05, 0) is 23.3 Å². The van der Waals surface area contributed by atoms with Gasteiger partial charge in [-0.2, -0.15) is 0 Å². The Hall–Kier alpha value is -1.77. The van der Waals surface area contributed by atoms with Crippen molar-refractivity contribution in [1.29, 1.82) is 0 Å². The van der Waals surface area contributed by atoms with Gasteiger partial charge in [0.25, 0.3) is 0 Å². The first kappa shape index (κ1) is 12.3. The monoisotopic (exact) mass is 276 g/mol. The Labute approximate surface area is 111 Å². The average Bonchev–Trinajstić information content (AvgIpc) is 2.41. The molecular weight excluding hydrogens is 263 g/mol. The van der Waals surface area contributed by atoms with Crippen LogP contribution < -0.4 is 9.05 Å². The lowest BCUT2D eigenvalue weighted by atomic mass is 10.0. The molecule has 19 heavy (non-hydrogen) atoms. The molecule has 3 rings (SSSR count). The van der Waals surface area contributed by atoms with Crippen molar-refractivity contribution in [3.8, 4) is 11.5 Å². The highest BCUT2D eigenvalue weighted by Crippen LogP contribution is 2.52. The van der Waals surface area contributed by atoms with Crippen molar-refractivity contribution in [2.75, 3.05) is 7.11 Å². The van der Waals surface area contributed by atoms with E-state index in [1.54, 1.807) is 12.1 Å². The summed E-state index contributed by atoms with van der Waals surface area (Å²) in [5.74, 6) is 1.06. The summed E-state index contributed by atoms with van der Waals surface area (Å²) in [5.41, 5.74) is 1.91. The highest BCUT2D eigenvalue weighted by molar-refractivity contribution is 7.49. The van der Waals surface area contributed by atoms with Crippen molar-refractivity contribution < 1.29 is 18.1 Å². The minimum Gasteiger partial charge on any atom is -0.395 e. The second kappa shape index (κ2) is 4.72. The summed E-state index contributed by atoms with van der Waals surface area (Å²) in [5, 5.41) is 0. The van der Waals surface area contributed by atoms with Crippen molar-refractivity contribution in [3.05, 3.63) is 59.7 Å². The number of para-hydroxylation sites is 2. The molecule has 5 heteroatoms. The summed E-state index contributed by atoms with van der Waals surface area (Å²) in [7, 11) is -2.32. The van der Waals surface area contributed by atoms with Crippen LogP contribution in [-0.4, -0.2) is 7.11 Å². The third-order valence-corrected chi connectivity index (χ3v) is 4.26. The highest BCUT2D eigenvalue weighted by Gasteiger charge is 2.32. The summed E-state index contributed by atoms with van der Waals surface area (Å²) in [6.07, 6.45) is 0.663. The SMILES string of the molecule is COP1(=O)Oc2ccccc2Cc2ccccc2O1. The maximum Gasteiger partial charge on any atom is 0.587 e. The van der Waals surface area contributed by atoms with Crippen molar-refractivity contribution in [3.63, 3.8) is 0 Å². The quantitative estimate of drug-likeness (QED) is 0.743. The van der Waals surface area contributed by atoms with E-state index >= 15 is 0 Å². The fourth-order valence-corrected chi connectivity index (χ4v) is 3.04. The largest absolute Gasteiger partial charge is 0.587 e. The second-order valence-corrected chi connectivity index (χ2v) is 5.83. The van der Waals surface area contributed by atoms with E-state index < -0.39 is 7.82 Å². The lowest BCUT2D eigenvalue weighted by Gasteiger charge is -2.23. The molecule has 0 spiro atoms. The summed E-state index contributed by atoms with van der Waals surface area (Å²) in [6, 6.07) is 14.9. The molecule has 2 aromatic rings. The first-order valence-corrected chi connectivity index (χ1v) is 7.37. The maximum absolute atomic E-state index is 12.4. The molecule has 0 radical (unpaired) electrons. The zero-order valence-corrected chi connectivity index (χ0v) is 11.3. The van der Waals surface area contributed by atoms with E-state index in [-0.39, 0.29) is 0 Å². The molecule has 0 aliphatic carbocycles. The molecule has 0 saturated carbocycles. The summed E-state index contributed by atoms with van der Waals surface area (Å²) < 4.78 is 28.3. The average molecular weight is 276 g/mol. The minimum atomic E-state index is -3.63. The molecule has 0 atom stereocenters. The van der Waals surface area contributed by atoms with Crippen molar-refractivity contribution in [1.82, 2.24) is 0 Å². The molecule has 0 fully saturated rings. The van der Waals surface area contributed by atoms with Gasteiger partial charge in [-0.1, -0.05) is 36.4 Å². The Balaban J connectivity index is 2.16. The highest BCUT2D eigenvalue weighted by atomic mass is 31.2. The van der Waals surface area contributed by atoms with Crippen molar-refractivity contribution in [2.45, 2.75) is 6.42 Å². The fourth-order valence-electron chi connectivity index (χ4n) is 2.02. The van der Waals surface area contributed by atoms with Crippen molar-refractivity contribution in [2.24, 2.45) is 0 Å². The van der Waals surface area contributed by atoms with Crippen LogP contribution in [0.2, 0.25) is 0 Å². The summed E-state index contributed by atoms with van der Waals surface area (Å²) >= 11 is 0. The van der Waals surface area contributed by atoms with Crippen LogP contribution in [0.4, 0.5) is 0 Å². The van der Waals surface area contributed by atoms with E-state index in [4.69, 9.17) is 13.6 Å². The molecule has 98 valence electrons. The molecule has 1 aliphatic heterocycles. The molecule has 0 aromatic heterocycles. The van der Waals surface area contributed by atoms with E-state index in [2.05, 4.69) is 0 Å². The molecule has 4 nitrogen and oxygen atoms in total. The Bertz CT molecular complexity index is 602. The molecule has 0 N–H and O–H groups in total. The molecule has 0 saturated heterocycles. The lowest BCUT2D eigenvalue weighted by Crippen LogP contribution is -2.08. The Morgan fingerprint density at radius 2 is 1.42 bits per heavy atom. The number of phosphoric acid groups is 1. The number of phosphoric ester groups is 1. The second-order valence-electron chi connectivity index (χ2n) is 4.20. The van der Waals surface area contributed by atoms with Crippen LogP contribution in [0, 0.1) is 0 Å². The number of hydrogen-bond donors (Lipinski definition) is 0. The van der Waals surface area contributed by atoms with Gasteiger partial charge in [0.15, 0.2) is 0 Å². The number of hydrogen-bond acceptors (Lipinski definition) is 4. The molecule has 0 amide bonds. The van der Waals surface area contributed by atoms with Gasteiger partial charge < -0.3 is 9.05 Å². The van der Waals surface area contributed by atoms with Gasteiger partial charge in [-0.25, -0.2) is 4.57 Å². The predicted molar refractivity (Wildman–Crippen MR) is 71.6 cm³/mol. The fraction of sp³-hybridized carbons (Fsp3) is 0.143. The van der Waals surface area contributed by atoms with E-state index in [0.29, 0.717) is 17.9 Å². The van der Waals surface area contributed by atoms with E-state index in [1.165, 1.54) is 7.11 Å². The van der Waals surface area contributed by atoms with Crippen LogP contribution in [0.3, 0.4) is 0 Å². The molecule has 0 unspecified atom stereocenters. The van der Waals surface area contributed by atoms with Crippen LogP contribution in [-0.2, 0) is 15.5 Å². The minimum absolute atomic E-state index is 0.530. The summed E-state index contributed by atoms with van der Waals surface area (Å²) in [6.45, 7) is 0. The Morgan fingerprint density at radius 3 is 1.89 bits per heavy atom. The first-order valence-electron chi connectivity index (χ1n) is 5.91. The van der Waals surface area contributed by atoms with E-state index in [0.717, 1.165) is 11.1 Å². The normalized spacial score (nSPS) is 16.1. The van der Waals surface area contributed by atoms with Gasteiger partial charge in [0.05, 0.1) is 0 Å². The molecule has 1 heterocycles. The molecular formula is C14H13O4P. The van der Waals surface area contributed by atoms with Gasteiger partial charge in [-0.3, -0.25) is 4.52 Å². The number of rotatable bonds is 1. The van der Waals surface area contributed by atoms with Crippen molar-refractivity contribution >= 4 is 7.82 Å². The van der Waals surface area contributed by atoms with Gasteiger partial charge in [0.2, 0.25) is 0 Å². The maximum atomic E-state index is 12.4. The molecule has 2 aromatic carbocycles. The van der Waals surface area contributed by atoms with Crippen LogP contribution in [0.1, 0.15) is 11.1 Å². The van der Waals surface area contributed by atoms with Crippen LogP contribution in [0.5, 0.6) is 11.5 Å². The lowest BCUT2D eigenvalue weighted by molar-refractivity contribution is 0.247. The zero-order valence-electron chi connectivity index (χ0n) is 10.4. The van der Waals surface area contributed by atoms with E-state index in [1.807, 2.05) is 36.4 Å². The molecule has 1 aliphatic rings. The third kappa shape index (κ3) is 2.37. The van der Waals surface area contributed by atoms with Crippen LogP contribution in [0.15, 0.2) is 48.5 Å². The predicted octanol–water partition coefficient (Wildman–Crippen LogP) is 3.80. The number of fused-ring (bicyclic) bond motifs is 2. The molecule has 0 bridgehead atoms. The van der Waals surface area contributed by atoms with Crippen LogP contribution >= 0.6 is 7.82 Å². The van der Waals surface area contributed by atoms with Gasteiger partial charge in [-0.15, -0.1) is 0 Å². The Kier molecular flexibility index (Phi) is 3.05. The Morgan fingerprint density at radius 1 is 0.947 bits per heavy atom. The standard InChI is InChI=1S/C14H13O4P/c1-16-19(15)17-13-8-4-2-6-11(13)10-12-7-3-5-9-14(12)18-19/h2-9H,10H2,1H3. The van der Waals surface area contributed by atoms with Crippen LogP contribution in [0.25, 0.3) is 0 Å². The smallest absolute Gasteiger partial charge is 0.395 e. The topological polar surface area (TPSA) is 44.8 Å².